The summed E-state index contributed by atoms with van der Waals surface area (Å²) in [4.78, 5) is 25.6. The number of anilines is 1. The minimum Gasteiger partial charge on any atom is -0.495 e. The van der Waals surface area contributed by atoms with Crippen LogP contribution in [0.3, 0.4) is 0 Å². The number of methoxy groups -OCH3 is 1. The van der Waals surface area contributed by atoms with Gasteiger partial charge in [0.05, 0.1) is 31.8 Å². The molecule has 0 aliphatic carbocycles. The minimum absolute atomic E-state index is 0.0965. The van der Waals surface area contributed by atoms with E-state index in [4.69, 9.17) is 21.1 Å². The summed E-state index contributed by atoms with van der Waals surface area (Å²) >= 11 is 6.09. The Labute approximate surface area is 153 Å². The van der Waals surface area contributed by atoms with Crippen LogP contribution >= 0.6 is 11.6 Å². The van der Waals surface area contributed by atoms with E-state index in [1.54, 1.807) is 32.2 Å². The third-order valence-electron chi connectivity index (χ3n) is 4.60. The van der Waals surface area contributed by atoms with Gasteiger partial charge >= 0.3 is 5.97 Å². The summed E-state index contributed by atoms with van der Waals surface area (Å²) in [5, 5.41) is 3.33. The molecule has 1 fully saturated rings. The number of likely N-dealkylation sites (tertiary alicyclic amines) is 1. The summed E-state index contributed by atoms with van der Waals surface area (Å²) in [5.74, 6) is 0.177. The zero-order valence-corrected chi connectivity index (χ0v) is 15.7. The summed E-state index contributed by atoms with van der Waals surface area (Å²) in [6.45, 7) is 5.56. The van der Waals surface area contributed by atoms with Gasteiger partial charge in [-0.05, 0) is 44.9 Å². The number of carbonyl (C=O) groups is 2. The quantitative estimate of drug-likeness (QED) is 0.746. The van der Waals surface area contributed by atoms with E-state index >= 15 is 0 Å². The third-order valence-corrected chi connectivity index (χ3v) is 4.90. The average molecular weight is 370 g/mol. The molecular weight excluding hydrogens is 344 g/mol. The van der Waals surface area contributed by atoms with Crippen molar-refractivity contribution in [3.05, 3.63) is 23.2 Å². The van der Waals surface area contributed by atoms with E-state index in [0.29, 0.717) is 29.6 Å². The topological polar surface area (TPSA) is 69.1 Å². The van der Waals surface area contributed by atoms with Crippen LogP contribution in [0.5, 0.6) is 5.75 Å². The maximum absolute atomic E-state index is 12.6. The van der Waals surface area contributed by atoms with Crippen LogP contribution in [0.2, 0.25) is 5.02 Å². The second-order valence-corrected chi connectivity index (χ2v) is 6.67. The van der Waals surface area contributed by atoms with Crippen LogP contribution in [0, 0.1) is 5.92 Å². The molecule has 2 N–H and O–H groups in total. The lowest BCUT2D eigenvalue weighted by molar-refractivity contribution is -0.921. The first-order valence-corrected chi connectivity index (χ1v) is 8.99. The second kappa shape index (κ2) is 9.06. The first-order chi connectivity index (χ1) is 12.0. The second-order valence-electron chi connectivity index (χ2n) is 6.26. The lowest BCUT2D eigenvalue weighted by Crippen LogP contribution is -3.18. The fraction of sp³-hybridized carbons (Fsp3) is 0.556. The number of piperidine rings is 1. The molecule has 0 saturated carbocycles. The normalized spacial score (nSPS) is 21.3. The Kier molecular flexibility index (Phi) is 7.08. The van der Waals surface area contributed by atoms with E-state index in [-0.39, 0.29) is 23.8 Å². The van der Waals surface area contributed by atoms with Crippen LogP contribution in [0.4, 0.5) is 5.69 Å². The molecular formula is C18H26ClN2O4+. The predicted octanol–water partition coefficient (Wildman–Crippen LogP) is 1.53. The van der Waals surface area contributed by atoms with Crippen LogP contribution in [0.1, 0.15) is 26.7 Å². The molecule has 1 amide bonds. The summed E-state index contributed by atoms with van der Waals surface area (Å²) < 4.78 is 10.2. The van der Waals surface area contributed by atoms with Crippen molar-refractivity contribution in [2.75, 3.05) is 32.1 Å². The molecule has 2 rings (SSSR count). The van der Waals surface area contributed by atoms with Gasteiger partial charge in [-0.1, -0.05) is 11.6 Å². The number of nitrogens with one attached hydrogen (secondary N) is 2. The first kappa shape index (κ1) is 19.5. The van der Waals surface area contributed by atoms with E-state index in [1.807, 2.05) is 6.92 Å². The lowest BCUT2D eigenvalue weighted by atomic mass is 9.97. The third kappa shape index (κ3) is 5.09. The molecule has 138 valence electrons. The number of halogens is 1. The first-order valence-electron chi connectivity index (χ1n) is 8.61. The van der Waals surface area contributed by atoms with Gasteiger partial charge in [-0.3, -0.25) is 9.59 Å². The highest BCUT2D eigenvalue weighted by Gasteiger charge is 2.34. The summed E-state index contributed by atoms with van der Waals surface area (Å²) in [6, 6.07) is 4.87. The molecule has 1 aromatic rings. The Balaban J connectivity index is 1.97. The van der Waals surface area contributed by atoms with Crippen LogP contribution in [-0.2, 0) is 14.3 Å². The van der Waals surface area contributed by atoms with Gasteiger partial charge in [-0.2, -0.15) is 0 Å². The molecule has 0 spiro atoms. The number of benzene rings is 1. The number of rotatable bonds is 6. The Morgan fingerprint density at radius 3 is 2.84 bits per heavy atom. The number of ether oxygens (including phenoxy) is 2. The fourth-order valence-electron chi connectivity index (χ4n) is 3.13. The predicted molar refractivity (Wildman–Crippen MR) is 96.1 cm³/mol. The monoisotopic (exact) mass is 369 g/mol. The fourth-order valence-corrected chi connectivity index (χ4v) is 3.39. The largest absolute Gasteiger partial charge is 0.495 e. The maximum atomic E-state index is 12.6. The van der Waals surface area contributed by atoms with Gasteiger partial charge in [0.25, 0.3) is 5.91 Å². The van der Waals surface area contributed by atoms with Gasteiger partial charge in [0.1, 0.15) is 11.7 Å². The summed E-state index contributed by atoms with van der Waals surface area (Å²) in [6.07, 6.45) is 1.73. The van der Waals surface area contributed by atoms with Crippen molar-refractivity contribution in [1.29, 1.82) is 0 Å². The molecule has 0 aromatic heterocycles. The van der Waals surface area contributed by atoms with E-state index in [0.717, 1.165) is 24.3 Å². The molecule has 1 heterocycles. The van der Waals surface area contributed by atoms with Crippen LogP contribution in [0.25, 0.3) is 0 Å². The van der Waals surface area contributed by atoms with E-state index in [1.165, 1.54) is 0 Å². The van der Waals surface area contributed by atoms with Crippen molar-refractivity contribution >= 4 is 29.2 Å². The van der Waals surface area contributed by atoms with Crippen molar-refractivity contribution in [3.63, 3.8) is 0 Å². The van der Waals surface area contributed by atoms with Crippen molar-refractivity contribution in [2.24, 2.45) is 5.92 Å². The SMILES string of the molecule is CCOC(=O)[C@H]1CCC[NH+]([C@@H](C)C(=O)Nc2ccc(OC)c(Cl)c2)C1. The van der Waals surface area contributed by atoms with Crippen molar-refractivity contribution in [1.82, 2.24) is 0 Å². The molecule has 1 aliphatic rings. The van der Waals surface area contributed by atoms with Gasteiger partial charge in [0, 0.05) is 5.69 Å². The number of quaternary nitrogens is 1. The Bertz CT molecular complexity index is 623. The lowest BCUT2D eigenvalue weighted by Gasteiger charge is -2.32. The number of carbonyl (C=O) groups excluding carboxylic acids is 2. The molecule has 0 bridgehead atoms. The number of esters is 1. The van der Waals surface area contributed by atoms with E-state index in [2.05, 4.69) is 5.32 Å². The van der Waals surface area contributed by atoms with E-state index in [9.17, 15) is 9.59 Å². The number of amides is 1. The van der Waals surface area contributed by atoms with Crippen LogP contribution < -0.4 is 15.0 Å². The van der Waals surface area contributed by atoms with Gasteiger partial charge in [0.2, 0.25) is 0 Å². The highest BCUT2D eigenvalue weighted by Crippen LogP contribution is 2.27. The van der Waals surface area contributed by atoms with Gasteiger partial charge < -0.3 is 19.7 Å². The zero-order chi connectivity index (χ0) is 18.4. The van der Waals surface area contributed by atoms with Gasteiger partial charge in [-0.25, -0.2) is 0 Å². The molecule has 7 heteroatoms. The zero-order valence-electron chi connectivity index (χ0n) is 14.9. The highest BCUT2D eigenvalue weighted by molar-refractivity contribution is 6.32. The molecule has 1 aromatic carbocycles. The van der Waals surface area contributed by atoms with Crippen molar-refractivity contribution in [3.8, 4) is 5.75 Å². The molecule has 3 atom stereocenters. The summed E-state index contributed by atoms with van der Waals surface area (Å²) in [5.41, 5.74) is 0.626. The number of hydrogen-bond donors (Lipinski definition) is 2. The molecule has 0 radical (unpaired) electrons. The standard InChI is InChI=1S/C18H25ClN2O4/c1-4-25-18(23)13-6-5-9-21(11-13)12(2)17(22)20-14-7-8-16(24-3)15(19)10-14/h7-8,10,12-13H,4-6,9,11H2,1-3H3,(H,20,22)/p+1/t12-,13-/m0/s1. The Morgan fingerprint density at radius 2 is 2.20 bits per heavy atom. The molecule has 1 saturated heterocycles. The van der Waals surface area contributed by atoms with Gasteiger partial charge in [0.15, 0.2) is 6.04 Å². The van der Waals surface area contributed by atoms with Crippen molar-refractivity contribution in [2.45, 2.75) is 32.7 Å². The summed E-state index contributed by atoms with van der Waals surface area (Å²) in [7, 11) is 1.54. The van der Waals surface area contributed by atoms with Crippen LogP contribution in [-0.4, -0.2) is 44.7 Å². The average Bonchev–Trinajstić information content (AvgIpc) is 2.61. The molecule has 6 nitrogen and oxygen atoms in total. The van der Waals surface area contributed by atoms with Crippen LogP contribution in [0.15, 0.2) is 18.2 Å². The highest BCUT2D eigenvalue weighted by atomic mass is 35.5. The number of hydrogen-bond acceptors (Lipinski definition) is 4. The Morgan fingerprint density at radius 1 is 1.44 bits per heavy atom. The molecule has 1 unspecified atom stereocenters. The molecule has 25 heavy (non-hydrogen) atoms. The van der Waals surface area contributed by atoms with Gasteiger partial charge in [-0.15, -0.1) is 0 Å². The van der Waals surface area contributed by atoms with E-state index < -0.39 is 0 Å². The van der Waals surface area contributed by atoms with Crippen molar-refractivity contribution < 1.29 is 24.0 Å². The molecule has 1 aliphatic heterocycles. The minimum atomic E-state index is -0.266. The Hall–Kier alpha value is -1.79. The smallest absolute Gasteiger partial charge is 0.314 e. The maximum Gasteiger partial charge on any atom is 0.314 e.